The lowest BCUT2D eigenvalue weighted by Crippen LogP contribution is -2.40. The van der Waals surface area contributed by atoms with Crippen molar-refractivity contribution in [2.24, 2.45) is 0 Å². The number of cyclic esters (lactones) is 1. The molecule has 1 aliphatic heterocycles. The number of anilines is 1. The van der Waals surface area contributed by atoms with Crippen molar-refractivity contribution >= 4 is 17.9 Å². The molecule has 2 aromatic carbocycles. The van der Waals surface area contributed by atoms with Crippen LogP contribution >= 0.6 is 0 Å². The first-order chi connectivity index (χ1) is 16.0. The first-order valence-corrected chi connectivity index (χ1v) is 10.9. The van der Waals surface area contributed by atoms with Crippen molar-refractivity contribution < 1.29 is 19.1 Å². The van der Waals surface area contributed by atoms with Gasteiger partial charge in [-0.05, 0) is 33.9 Å². The number of ether oxygens (including phenoxy) is 2. The average molecular weight is 444 g/mol. The number of benzene rings is 2. The van der Waals surface area contributed by atoms with E-state index < -0.39 is 18.1 Å². The van der Waals surface area contributed by atoms with Crippen LogP contribution in [0.3, 0.4) is 0 Å². The van der Waals surface area contributed by atoms with Crippen molar-refractivity contribution in [2.75, 3.05) is 32.3 Å². The number of hydrogen-bond acceptors (Lipinski definition) is 6. The van der Waals surface area contributed by atoms with Crippen molar-refractivity contribution in [3.05, 3.63) is 83.6 Å². The van der Waals surface area contributed by atoms with Gasteiger partial charge in [-0.2, -0.15) is 0 Å². The lowest BCUT2D eigenvalue weighted by atomic mass is 9.98. The van der Waals surface area contributed by atoms with Gasteiger partial charge in [0.05, 0.1) is 0 Å². The summed E-state index contributed by atoms with van der Waals surface area (Å²) in [4.78, 5) is 33.0. The molecule has 1 fully saturated rings. The number of pyridine rings is 1. The zero-order valence-electron chi connectivity index (χ0n) is 18.6. The average Bonchev–Trinajstić information content (AvgIpc) is 3.36. The number of carbonyl (C=O) groups excluding carboxylic acids is 2. The third kappa shape index (κ3) is 3.91. The minimum atomic E-state index is -0.729. The zero-order chi connectivity index (χ0) is 22.9. The molecule has 3 aromatic rings. The monoisotopic (exact) mass is 443 g/mol. The Morgan fingerprint density at radius 2 is 1.73 bits per heavy atom. The topological polar surface area (TPSA) is 72.0 Å². The SMILES string of the molecule is CN(C)c1ccc(C[C@H]2C(=O)OCN2C(=O)OCC2c3ccccc3-c3ccccc32)cn1. The summed E-state index contributed by atoms with van der Waals surface area (Å²) in [7, 11) is 3.82. The molecule has 0 spiro atoms. The standard InChI is InChI=1S/C26H25N3O4/c1-28(2)24-12-11-17(14-27-24)13-23-25(30)33-16-29(23)26(31)32-15-22-20-9-5-3-7-18(20)19-8-4-6-10-21(19)22/h3-12,14,22-23H,13,15-16H2,1-2H3/t23-/m0/s1. The van der Waals surface area contributed by atoms with E-state index in [1.165, 1.54) is 16.0 Å². The molecule has 1 aromatic heterocycles. The minimum absolute atomic E-state index is 0.0400. The van der Waals surface area contributed by atoms with Crippen LogP contribution in [0.15, 0.2) is 66.9 Å². The van der Waals surface area contributed by atoms with Crippen LogP contribution in [-0.2, 0) is 20.7 Å². The fourth-order valence-electron chi connectivity index (χ4n) is 4.52. The van der Waals surface area contributed by atoms with Gasteiger partial charge in [0, 0.05) is 32.6 Å². The molecule has 1 aliphatic carbocycles. The Labute approximate surface area is 192 Å². The molecular formula is C26H25N3O4. The van der Waals surface area contributed by atoms with Crippen LogP contribution in [0.25, 0.3) is 11.1 Å². The van der Waals surface area contributed by atoms with E-state index in [-0.39, 0.29) is 19.3 Å². The minimum Gasteiger partial charge on any atom is -0.448 e. The lowest BCUT2D eigenvalue weighted by molar-refractivity contribution is -0.139. The van der Waals surface area contributed by atoms with E-state index in [1.54, 1.807) is 6.20 Å². The third-order valence-corrected chi connectivity index (χ3v) is 6.26. The number of fused-ring (bicyclic) bond motifs is 3. The summed E-state index contributed by atoms with van der Waals surface area (Å²) in [5, 5.41) is 0. The van der Waals surface area contributed by atoms with Gasteiger partial charge in [0.25, 0.3) is 0 Å². The van der Waals surface area contributed by atoms with Crippen LogP contribution in [0.2, 0.25) is 0 Å². The predicted molar refractivity (Wildman–Crippen MR) is 124 cm³/mol. The van der Waals surface area contributed by atoms with Gasteiger partial charge in [-0.25, -0.2) is 14.6 Å². The lowest BCUT2D eigenvalue weighted by Gasteiger charge is -2.21. The molecule has 2 aliphatic rings. The predicted octanol–water partition coefficient (Wildman–Crippen LogP) is 3.82. The maximum Gasteiger partial charge on any atom is 0.413 e. The summed E-state index contributed by atoms with van der Waals surface area (Å²) in [6, 6.07) is 19.4. The second-order valence-electron chi connectivity index (χ2n) is 8.51. The van der Waals surface area contributed by atoms with Crippen LogP contribution in [0.1, 0.15) is 22.6 Å². The van der Waals surface area contributed by atoms with Crippen LogP contribution in [0, 0.1) is 0 Å². The molecule has 0 unspecified atom stereocenters. The van der Waals surface area contributed by atoms with Crippen molar-refractivity contribution in [1.29, 1.82) is 0 Å². The van der Waals surface area contributed by atoms with Gasteiger partial charge >= 0.3 is 12.1 Å². The highest BCUT2D eigenvalue weighted by Crippen LogP contribution is 2.44. The number of carbonyl (C=O) groups is 2. The molecule has 0 saturated carbocycles. The summed E-state index contributed by atoms with van der Waals surface area (Å²) in [6.45, 7) is 0.0900. The molecule has 0 bridgehead atoms. The highest BCUT2D eigenvalue weighted by Gasteiger charge is 2.39. The molecule has 7 nitrogen and oxygen atoms in total. The van der Waals surface area contributed by atoms with Gasteiger partial charge in [0.15, 0.2) is 6.73 Å². The van der Waals surface area contributed by atoms with E-state index in [0.29, 0.717) is 6.42 Å². The van der Waals surface area contributed by atoms with Crippen molar-refractivity contribution in [1.82, 2.24) is 9.88 Å². The number of hydrogen-bond donors (Lipinski definition) is 0. The van der Waals surface area contributed by atoms with Crippen molar-refractivity contribution in [3.63, 3.8) is 0 Å². The van der Waals surface area contributed by atoms with Crippen LogP contribution < -0.4 is 4.90 Å². The molecule has 5 rings (SSSR count). The van der Waals surface area contributed by atoms with Gasteiger partial charge in [0.2, 0.25) is 0 Å². The van der Waals surface area contributed by atoms with E-state index in [2.05, 4.69) is 29.2 Å². The number of esters is 1. The largest absolute Gasteiger partial charge is 0.448 e. The molecule has 1 amide bonds. The van der Waals surface area contributed by atoms with Gasteiger partial charge in [-0.1, -0.05) is 54.6 Å². The Balaban J connectivity index is 1.29. The molecule has 1 saturated heterocycles. The fraction of sp³-hybridized carbons (Fsp3) is 0.269. The maximum atomic E-state index is 13.0. The Morgan fingerprint density at radius 1 is 1.06 bits per heavy atom. The number of amides is 1. The summed E-state index contributed by atoms with van der Waals surface area (Å²) < 4.78 is 10.9. The van der Waals surface area contributed by atoms with Gasteiger partial charge in [-0.15, -0.1) is 0 Å². The van der Waals surface area contributed by atoms with E-state index in [1.807, 2.05) is 55.4 Å². The first kappa shape index (κ1) is 21.0. The first-order valence-electron chi connectivity index (χ1n) is 10.9. The zero-order valence-corrected chi connectivity index (χ0v) is 18.6. The van der Waals surface area contributed by atoms with Crippen molar-refractivity contribution in [2.45, 2.75) is 18.4 Å². The normalized spacial score (nSPS) is 16.8. The Bertz CT molecular complexity index is 1150. The van der Waals surface area contributed by atoms with E-state index in [0.717, 1.165) is 22.5 Å². The summed E-state index contributed by atoms with van der Waals surface area (Å²) in [6.07, 6.45) is 1.49. The van der Waals surface area contributed by atoms with Gasteiger partial charge in [-0.3, -0.25) is 4.90 Å². The smallest absolute Gasteiger partial charge is 0.413 e. The quantitative estimate of drug-likeness (QED) is 0.558. The molecule has 2 heterocycles. The highest BCUT2D eigenvalue weighted by atomic mass is 16.6. The molecule has 1 atom stereocenters. The van der Waals surface area contributed by atoms with E-state index in [9.17, 15) is 9.59 Å². The number of nitrogens with zero attached hydrogens (tertiary/aromatic N) is 3. The molecule has 0 N–H and O–H groups in total. The maximum absolute atomic E-state index is 13.0. The van der Waals surface area contributed by atoms with Crippen LogP contribution in [0.4, 0.5) is 10.6 Å². The van der Waals surface area contributed by atoms with E-state index in [4.69, 9.17) is 9.47 Å². The fourth-order valence-corrected chi connectivity index (χ4v) is 4.52. The Morgan fingerprint density at radius 3 is 2.33 bits per heavy atom. The highest BCUT2D eigenvalue weighted by molar-refractivity contribution is 5.84. The summed E-state index contributed by atoms with van der Waals surface area (Å²) in [5.41, 5.74) is 5.47. The van der Waals surface area contributed by atoms with Crippen molar-refractivity contribution in [3.8, 4) is 11.1 Å². The van der Waals surface area contributed by atoms with Crippen LogP contribution in [-0.4, -0.2) is 55.4 Å². The van der Waals surface area contributed by atoms with E-state index >= 15 is 0 Å². The molecule has 33 heavy (non-hydrogen) atoms. The van der Waals surface area contributed by atoms with Crippen LogP contribution in [0.5, 0.6) is 0 Å². The molecule has 168 valence electrons. The number of rotatable bonds is 5. The third-order valence-electron chi connectivity index (χ3n) is 6.26. The summed E-state index contributed by atoms with van der Waals surface area (Å²) >= 11 is 0. The van der Waals surface area contributed by atoms with Gasteiger partial charge < -0.3 is 14.4 Å². The Hall–Kier alpha value is -3.87. The molecule has 0 radical (unpaired) electrons. The number of aromatic nitrogens is 1. The second kappa shape index (κ2) is 8.58. The van der Waals surface area contributed by atoms with Gasteiger partial charge in [0.1, 0.15) is 18.5 Å². The summed E-state index contributed by atoms with van der Waals surface area (Å²) in [5.74, 6) is 0.350. The molecular weight excluding hydrogens is 418 g/mol. The second-order valence-corrected chi connectivity index (χ2v) is 8.51. The molecule has 7 heteroatoms. The Kier molecular flexibility index (Phi) is 5.46.